The zero-order valence-corrected chi connectivity index (χ0v) is 16.9. The van der Waals surface area contributed by atoms with Crippen LogP contribution in [0.3, 0.4) is 0 Å². The topological polar surface area (TPSA) is 56.8 Å². The number of benzene rings is 2. The Morgan fingerprint density at radius 3 is 2.54 bits per heavy atom. The van der Waals surface area contributed by atoms with Crippen molar-refractivity contribution in [2.24, 2.45) is 0 Å². The van der Waals surface area contributed by atoms with Crippen LogP contribution in [0.25, 0.3) is 0 Å². The van der Waals surface area contributed by atoms with Crippen LogP contribution < -0.4 is 15.5 Å². The maximum Gasteiger partial charge on any atom is 0.319 e. The lowest BCUT2D eigenvalue weighted by Gasteiger charge is -2.31. The van der Waals surface area contributed by atoms with E-state index >= 15 is 0 Å². The Morgan fingerprint density at radius 2 is 1.86 bits per heavy atom. The zero-order valence-electron chi connectivity index (χ0n) is 16.9. The summed E-state index contributed by atoms with van der Waals surface area (Å²) >= 11 is 0. The van der Waals surface area contributed by atoms with E-state index in [-0.39, 0.29) is 12.1 Å². The van der Waals surface area contributed by atoms with Gasteiger partial charge >= 0.3 is 6.03 Å². The van der Waals surface area contributed by atoms with E-state index in [0.717, 1.165) is 30.0 Å². The van der Waals surface area contributed by atoms with Crippen molar-refractivity contribution in [1.29, 1.82) is 0 Å². The molecule has 0 aromatic heterocycles. The van der Waals surface area contributed by atoms with Gasteiger partial charge in [-0.05, 0) is 44.3 Å². The Morgan fingerprint density at radius 1 is 1.14 bits per heavy atom. The number of likely N-dealkylation sites (N-methyl/N-ethyl adjacent to an activating group) is 1. The molecule has 0 aliphatic carbocycles. The summed E-state index contributed by atoms with van der Waals surface area (Å²) in [6, 6.07) is 16.3. The van der Waals surface area contributed by atoms with Gasteiger partial charge in [0.1, 0.15) is 0 Å². The molecule has 1 saturated heterocycles. The molecule has 6 heteroatoms. The molecule has 2 aromatic rings. The third-order valence-electron chi connectivity index (χ3n) is 5.02. The molecular formula is C22H30N4O2. The fourth-order valence-electron chi connectivity index (χ4n) is 3.46. The predicted octanol–water partition coefficient (Wildman–Crippen LogP) is 3.26. The van der Waals surface area contributed by atoms with Gasteiger partial charge in [0.2, 0.25) is 0 Å². The van der Waals surface area contributed by atoms with E-state index in [4.69, 9.17) is 4.74 Å². The molecule has 1 aliphatic heterocycles. The number of nitrogens with one attached hydrogen (secondary N) is 2. The molecule has 0 radical (unpaired) electrons. The number of rotatable bonds is 6. The van der Waals surface area contributed by atoms with Gasteiger partial charge in [0.25, 0.3) is 0 Å². The van der Waals surface area contributed by atoms with Crippen LogP contribution in [0.4, 0.5) is 16.2 Å². The second kappa shape index (κ2) is 9.57. The second-order valence-corrected chi connectivity index (χ2v) is 7.35. The fourth-order valence-corrected chi connectivity index (χ4v) is 3.46. The van der Waals surface area contributed by atoms with E-state index in [2.05, 4.69) is 44.7 Å². The first kappa shape index (κ1) is 20.2. The van der Waals surface area contributed by atoms with Gasteiger partial charge < -0.3 is 25.2 Å². The minimum Gasteiger partial charge on any atom is -0.378 e. The smallest absolute Gasteiger partial charge is 0.319 e. The summed E-state index contributed by atoms with van der Waals surface area (Å²) < 4.78 is 5.45. The van der Waals surface area contributed by atoms with Crippen molar-refractivity contribution >= 4 is 17.4 Å². The highest BCUT2D eigenvalue weighted by molar-refractivity contribution is 5.93. The lowest BCUT2D eigenvalue weighted by Crippen LogP contribution is -2.39. The highest BCUT2D eigenvalue weighted by atomic mass is 16.5. The van der Waals surface area contributed by atoms with Gasteiger partial charge in [-0.3, -0.25) is 0 Å². The second-order valence-electron chi connectivity index (χ2n) is 7.35. The number of carbonyl (C=O) groups is 1. The molecule has 0 spiro atoms. The number of ether oxygens (including phenoxy) is 1. The van der Waals surface area contributed by atoms with Crippen molar-refractivity contribution < 1.29 is 9.53 Å². The number of morpholine rings is 1. The number of anilines is 2. The summed E-state index contributed by atoms with van der Waals surface area (Å²) in [6.07, 6.45) is 0. The number of amides is 2. The van der Waals surface area contributed by atoms with E-state index in [0.29, 0.717) is 19.8 Å². The van der Waals surface area contributed by atoms with Crippen LogP contribution >= 0.6 is 0 Å². The van der Waals surface area contributed by atoms with Crippen molar-refractivity contribution in [2.45, 2.75) is 13.0 Å². The van der Waals surface area contributed by atoms with Gasteiger partial charge in [-0.1, -0.05) is 36.4 Å². The lowest BCUT2D eigenvalue weighted by atomic mass is 10.1. The first-order chi connectivity index (χ1) is 13.5. The Kier molecular flexibility index (Phi) is 6.90. The Bertz CT molecular complexity index is 773. The van der Waals surface area contributed by atoms with Crippen molar-refractivity contribution in [1.82, 2.24) is 10.2 Å². The minimum absolute atomic E-state index is 0.114. The number of carbonyl (C=O) groups excluding carboxylic acids is 1. The summed E-state index contributed by atoms with van der Waals surface area (Å²) in [4.78, 5) is 17.0. The van der Waals surface area contributed by atoms with Crippen LogP contribution in [0.2, 0.25) is 0 Å². The monoisotopic (exact) mass is 382 g/mol. The number of hydrogen-bond acceptors (Lipinski definition) is 4. The summed E-state index contributed by atoms with van der Waals surface area (Å²) in [5.74, 6) is 0. The Labute approximate surface area is 167 Å². The van der Waals surface area contributed by atoms with Gasteiger partial charge in [-0.2, -0.15) is 0 Å². The van der Waals surface area contributed by atoms with Crippen LogP contribution in [0.5, 0.6) is 0 Å². The van der Waals surface area contributed by atoms with E-state index in [1.807, 2.05) is 45.3 Å². The van der Waals surface area contributed by atoms with Crippen LogP contribution in [0.15, 0.2) is 48.5 Å². The molecule has 1 fully saturated rings. The predicted molar refractivity (Wildman–Crippen MR) is 114 cm³/mol. The largest absolute Gasteiger partial charge is 0.378 e. The van der Waals surface area contributed by atoms with Gasteiger partial charge in [0, 0.05) is 19.6 Å². The zero-order chi connectivity index (χ0) is 19.9. The summed E-state index contributed by atoms with van der Waals surface area (Å²) in [5, 5.41) is 6.07. The summed E-state index contributed by atoms with van der Waals surface area (Å²) in [7, 11) is 4.04. The molecule has 28 heavy (non-hydrogen) atoms. The molecule has 1 heterocycles. The maximum atomic E-state index is 12.6. The molecule has 2 aromatic carbocycles. The van der Waals surface area contributed by atoms with Gasteiger partial charge in [-0.25, -0.2) is 4.79 Å². The summed E-state index contributed by atoms with van der Waals surface area (Å²) in [5.41, 5.74) is 4.16. The minimum atomic E-state index is -0.192. The van der Waals surface area contributed by atoms with Gasteiger partial charge in [-0.15, -0.1) is 0 Å². The molecular weight excluding hydrogens is 352 g/mol. The van der Waals surface area contributed by atoms with Crippen molar-refractivity contribution in [3.8, 4) is 0 Å². The number of aryl methyl sites for hydroxylation is 1. The van der Waals surface area contributed by atoms with Gasteiger partial charge in [0.05, 0.1) is 30.6 Å². The molecule has 1 unspecified atom stereocenters. The Hall–Kier alpha value is -2.57. The van der Waals surface area contributed by atoms with E-state index in [1.54, 1.807) is 0 Å². The molecule has 150 valence electrons. The molecule has 3 rings (SSSR count). The first-order valence-corrected chi connectivity index (χ1v) is 9.74. The quantitative estimate of drug-likeness (QED) is 0.805. The third-order valence-corrected chi connectivity index (χ3v) is 5.02. The Balaban J connectivity index is 1.66. The number of urea groups is 1. The molecule has 6 nitrogen and oxygen atoms in total. The molecule has 0 bridgehead atoms. The highest BCUT2D eigenvalue weighted by Crippen LogP contribution is 2.28. The van der Waals surface area contributed by atoms with Crippen LogP contribution in [-0.2, 0) is 4.74 Å². The molecule has 0 saturated carbocycles. The maximum absolute atomic E-state index is 12.6. The summed E-state index contributed by atoms with van der Waals surface area (Å²) in [6.45, 7) is 5.64. The van der Waals surface area contributed by atoms with E-state index in [1.165, 1.54) is 5.56 Å². The van der Waals surface area contributed by atoms with E-state index in [9.17, 15) is 4.79 Å². The molecule has 2 N–H and O–H groups in total. The molecule has 1 atom stereocenters. The van der Waals surface area contributed by atoms with Crippen LogP contribution in [0, 0.1) is 6.92 Å². The average Bonchev–Trinajstić information content (AvgIpc) is 2.69. The number of hydrogen-bond donors (Lipinski definition) is 2. The van der Waals surface area contributed by atoms with Crippen molar-refractivity contribution in [3.05, 3.63) is 59.7 Å². The van der Waals surface area contributed by atoms with Crippen molar-refractivity contribution in [3.63, 3.8) is 0 Å². The molecule has 2 amide bonds. The van der Waals surface area contributed by atoms with Gasteiger partial charge in [0.15, 0.2) is 0 Å². The van der Waals surface area contributed by atoms with Crippen LogP contribution in [-0.4, -0.2) is 57.9 Å². The third kappa shape index (κ3) is 5.24. The number of nitrogens with zero attached hydrogens (tertiary/aromatic N) is 2. The van der Waals surface area contributed by atoms with E-state index < -0.39 is 0 Å². The average molecular weight is 383 g/mol. The normalized spacial score (nSPS) is 15.4. The SMILES string of the molecule is Cc1ccc(N2CCOCC2)c(NC(=O)NCC(c2ccccc2)N(C)C)c1. The fraction of sp³-hybridized carbons (Fsp3) is 0.409. The first-order valence-electron chi connectivity index (χ1n) is 9.74. The standard InChI is InChI=1S/C22H30N4O2/c1-17-9-10-20(26-11-13-28-14-12-26)19(15-17)24-22(27)23-16-21(25(2)3)18-7-5-4-6-8-18/h4-10,15,21H,11-14,16H2,1-3H3,(H2,23,24,27). The lowest BCUT2D eigenvalue weighted by molar-refractivity contribution is 0.123. The van der Waals surface area contributed by atoms with Crippen molar-refractivity contribution in [2.75, 3.05) is 57.2 Å². The highest BCUT2D eigenvalue weighted by Gasteiger charge is 2.18. The van der Waals surface area contributed by atoms with Crippen LogP contribution in [0.1, 0.15) is 17.2 Å². The molecule has 1 aliphatic rings.